The van der Waals surface area contributed by atoms with Crippen LogP contribution in [0.4, 0.5) is 16.5 Å². The maximum Gasteiger partial charge on any atom is 0.282 e. The fourth-order valence-corrected chi connectivity index (χ4v) is 4.48. The van der Waals surface area contributed by atoms with Crippen LogP contribution < -0.4 is 4.90 Å². The zero-order chi connectivity index (χ0) is 21.4. The number of halogens is 1. The molecule has 1 aliphatic rings. The molecule has 4 rings (SSSR count). The van der Waals surface area contributed by atoms with Gasteiger partial charge in [-0.1, -0.05) is 22.9 Å². The lowest BCUT2D eigenvalue weighted by Crippen LogP contribution is -2.48. The normalized spacial score (nSPS) is 14.2. The highest BCUT2D eigenvalue weighted by Gasteiger charge is 2.28. The lowest BCUT2D eigenvalue weighted by Gasteiger charge is -2.34. The Bertz CT molecular complexity index is 1170. The molecule has 10 nitrogen and oxygen atoms in total. The summed E-state index contributed by atoms with van der Waals surface area (Å²) in [7, 11) is 0. The third-order valence-electron chi connectivity index (χ3n) is 4.79. The van der Waals surface area contributed by atoms with Crippen LogP contribution in [-0.2, 0) is 0 Å². The molecular formula is C18H14ClN5O5S. The second kappa shape index (κ2) is 7.84. The third kappa shape index (κ3) is 3.76. The third-order valence-corrected chi connectivity index (χ3v) is 6.11. The van der Waals surface area contributed by atoms with Gasteiger partial charge in [-0.3, -0.25) is 25.0 Å². The first-order valence-corrected chi connectivity index (χ1v) is 10.1. The average Bonchev–Trinajstić information content (AvgIpc) is 3.16. The fraction of sp³-hybridized carbons (Fsp3) is 0.222. The molecule has 0 N–H and O–H groups in total. The lowest BCUT2D eigenvalue weighted by molar-refractivity contribution is -0.385. The van der Waals surface area contributed by atoms with Crippen LogP contribution >= 0.6 is 22.9 Å². The summed E-state index contributed by atoms with van der Waals surface area (Å²) < 4.78 is 0.715. The van der Waals surface area contributed by atoms with E-state index in [0.29, 0.717) is 41.5 Å². The van der Waals surface area contributed by atoms with Crippen LogP contribution in [0.1, 0.15) is 10.4 Å². The predicted octanol–water partition coefficient (Wildman–Crippen LogP) is 3.73. The first-order valence-electron chi connectivity index (χ1n) is 8.86. The number of non-ortho nitro benzene ring substituents is 1. The van der Waals surface area contributed by atoms with Gasteiger partial charge in [0.05, 0.1) is 20.1 Å². The Morgan fingerprint density at radius 3 is 2.43 bits per heavy atom. The number of aromatic nitrogens is 1. The molecule has 154 valence electrons. The Kier molecular flexibility index (Phi) is 5.22. The van der Waals surface area contributed by atoms with Crippen LogP contribution in [0, 0.1) is 20.2 Å². The maximum absolute atomic E-state index is 12.8. The van der Waals surface area contributed by atoms with Gasteiger partial charge in [0.1, 0.15) is 5.56 Å². The molecule has 0 spiro atoms. The topological polar surface area (TPSA) is 123 Å². The van der Waals surface area contributed by atoms with E-state index < -0.39 is 15.8 Å². The number of carbonyl (C=O) groups excluding carboxylic acids is 1. The van der Waals surface area contributed by atoms with Crippen molar-refractivity contribution in [3.63, 3.8) is 0 Å². The molecule has 1 aliphatic heterocycles. The minimum atomic E-state index is -0.597. The molecule has 30 heavy (non-hydrogen) atoms. The molecule has 2 heterocycles. The molecule has 3 aromatic rings. The lowest BCUT2D eigenvalue weighted by atomic mass is 10.1. The Morgan fingerprint density at radius 2 is 1.77 bits per heavy atom. The summed E-state index contributed by atoms with van der Waals surface area (Å²) in [6, 6.07) is 8.45. The molecule has 0 unspecified atom stereocenters. The van der Waals surface area contributed by atoms with E-state index in [2.05, 4.69) is 4.98 Å². The molecule has 2 aromatic carbocycles. The number of anilines is 1. The van der Waals surface area contributed by atoms with Crippen LogP contribution in [0.15, 0.2) is 36.4 Å². The van der Waals surface area contributed by atoms with E-state index in [1.54, 1.807) is 11.0 Å². The average molecular weight is 448 g/mol. The standard InChI is InChI=1S/C18H14ClN5O5S/c19-11-1-4-15(24(28)29)13(9-11)17(25)21-5-7-22(8-6-21)18-20-14-3-2-12(23(26)27)10-16(14)30-18/h1-4,9-10H,5-8H2. The van der Waals surface area contributed by atoms with Crippen molar-refractivity contribution in [2.45, 2.75) is 0 Å². The largest absolute Gasteiger partial charge is 0.345 e. The number of nitro benzene ring substituents is 2. The van der Waals surface area contributed by atoms with E-state index in [1.165, 1.54) is 41.7 Å². The number of hydrogen-bond acceptors (Lipinski definition) is 8. The number of amides is 1. The second-order valence-electron chi connectivity index (χ2n) is 6.60. The number of piperazine rings is 1. The zero-order valence-corrected chi connectivity index (χ0v) is 16.9. The van der Waals surface area contributed by atoms with E-state index in [1.807, 2.05) is 4.90 Å². The molecule has 0 atom stereocenters. The van der Waals surface area contributed by atoms with Gasteiger partial charge in [0, 0.05) is 49.4 Å². The van der Waals surface area contributed by atoms with Gasteiger partial charge in [-0.15, -0.1) is 0 Å². The first kappa shape index (κ1) is 20.0. The smallest absolute Gasteiger partial charge is 0.282 e. The fourth-order valence-electron chi connectivity index (χ4n) is 3.26. The van der Waals surface area contributed by atoms with Crippen LogP contribution in [-0.4, -0.2) is 51.8 Å². The molecule has 0 aliphatic carbocycles. The van der Waals surface area contributed by atoms with Crippen molar-refractivity contribution in [1.82, 2.24) is 9.88 Å². The predicted molar refractivity (Wildman–Crippen MR) is 112 cm³/mol. The number of carbonyl (C=O) groups is 1. The maximum atomic E-state index is 12.8. The Balaban J connectivity index is 1.50. The number of benzene rings is 2. The summed E-state index contributed by atoms with van der Waals surface area (Å²) in [5.41, 5.74) is 0.373. The van der Waals surface area contributed by atoms with Crippen LogP contribution in [0.3, 0.4) is 0 Å². The molecule has 12 heteroatoms. The van der Waals surface area contributed by atoms with E-state index in [0.717, 1.165) is 0 Å². The van der Waals surface area contributed by atoms with Gasteiger partial charge >= 0.3 is 0 Å². The van der Waals surface area contributed by atoms with Crippen LogP contribution in [0.5, 0.6) is 0 Å². The molecule has 0 radical (unpaired) electrons. The van der Waals surface area contributed by atoms with Crippen molar-refractivity contribution in [1.29, 1.82) is 0 Å². The summed E-state index contributed by atoms with van der Waals surface area (Å²) in [5, 5.41) is 23.2. The minimum absolute atomic E-state index is 0.0104. The molecule has 0 bridgehead atoms. The van der Waals surface area contributed by atoms with Gasteiger partial charge in [0.25, 0.3) is 17.3 Å². The highest BCUT2D eigenvalue weighted by atomic mass is 35.5. The molecule has 1 amide bonds. The van der Waals surface area contributed by atoms with Gasteiger partial charge in [-0.25, -0.2) is 4.98 Å². The number of thiazole rings is 1. The first-order chi connectivity index (χ1) is 14.3. The van der Waals surface area contributed by atoms with E-state index >= 15 is 0 Å². The molecule has 0 saturated carbocycles. The minimum Gasteiger partial charge on any atom is -0.345 e. The van der Waals surface area contributed by atoms with Gasteiger partial charge in [0.15, 0.2) is 5.13 Å². The zero-order valence-electron chi connectivity index (χ0n) is 15.4. The summed E-state index contributed by atoms with van der Waals surface area (Å²) in [6.07, 6.45) is 0. The number of nitro groups is 2. The summed E-state index contributed by atoms with van der Waals surface area (Å²) in [5.74, 6) is -0.441. The van der Waals surface area contributed by atoms with Crippen molar-refractivity contribution >= 4 is 55.6 Å². The monoisotopic (exact) mass is 447 g/mol. The Morgan fingerprint density at radius 1 is 1.03 bits per heavy atom. The summed E-state index contributed by atoms with van der Waals surface area (Å²) in [6.45, 7) is 1.70. The quantitative estimate of drug-likeness (QED) is 0.441. The molecule has 1 fully saturated rings. The number of fused-ring (bicyclic) bond motifs is 1. The van der Waals surface area contributed by atoms with Gasteiger partial charge in [0.2, 0.25) is 0 Å². The number of nitrogens with zero attached hydrogens (tertiary/aromatic N) is 5. The van der Waals surface area contributed by atoms with Crippen LogP contribution in [0.25, 0.3) is 10.2 Å². The van der Waals surface area contributed by atoms with Gasteiger partial charge in [-0.2, -0.15) is 0 Å². The van der Waals surface area contributed by atoms with Crippen molar-refractivity contribution in [3.8, 4) is 0 Å². The Labute approximate surface area is 178 Å². The van der Waals surface area contributed by atoms with Crippen molar-refractivity contribution < 1.29 is 14.6 Å². The van der Waals surface area contributed by atoms with Crippen LogP contribution in [0.2, 0.25) is 5.02 Å². The number of hydrogen-bond donors (Lipinski definition) is 0. The highest BCUT2D eigenvalue weighted by Crippen LogP contribution is 2.32. The number of rotatable bonds is 4. The SMILES string of the molecule is O=C(c1cc(Cl)ccc1[N+](=O)[O-])N1CCN(c2nc3ccc([N+](=O)[O-])cc3s2)CC1. The molecule has 1 saturated heterocycles. The molecule has 1 aromatic heterocycles. The van der Waals surface area contributed by atoms with E-state index in [-0.39, 0.29) is 22.0 Å². The highest BCUT2D eigenvalue weighted by molar-refractivity contribution is 7.22. The Hall–Kier alpha value is -3.31. The summed E-state index contributed by atoms with van der Waals surface area (Å²) in [4.78, 5) is 42.0. The summed E-state index contributed by atoms with van der Waals surface area (Å²) >= 11 is 7.28. The van der Waals surface area contributed by atoms with Crippen molar-refractivity contribution in [2.75, 3.05) is 31.1 Å². The van der Waals surface area contributed by atoms with E-state index in [4.69, 9.17) is 11.6 Å². The second-order valence-corrected chi connectivity index (χ2v) is 8.05. The van der Waals surface area contributed by atoms with Crippen molar-refractivity contribution in [2.24, 2.45) is 0 Å². The van der Waals surface area contributed by atoms with Gasteiger partial charge < -0.3 is 9.80 Å². The van der Waals surface area contributed by atoms with Crippen molar-refractivity contribution in [3.05, 3.63) is 67.2 Å². The van der Waals surface area contributed by atoms with E-state index in [9.17, 15) is 25.0 Å². The molecular weight excluding hydrogens is 434 g/mol. The van der Waals surface area contributed by atoms with Gasteiger partial charge in [-0.05, 0) is 18.2 Å².